The van der Waals surface area contributed by atoms with Gasteiger partial charge in [-0.25, -0.2) is 0 Å². The van der Waals surface area contributed by atoms with Crippen molar-refractivity contribution in [3.8, 4) is 0 Å². The smallest absolute Gasteiger partial charge is 0.326 e. The number of nitrogens with two attached hydrogens (primary N) is 1. The zero-order chi connectivity index (χ0) is 9.68. The zero-order valence-corrected chi connectivity index (χ0v) is 7.57. The molecule has 0 amide bonds. The van der Waals surface area contributed by atoms with Crippen molar-refractivity contribution >= 4 is 5.97 Å². The molecular weight excluding hydrogens is 166 g/mol. The van der Waals surface area contributed by atoms with E-state index in [0.717, 1.165) is 12.0 Å². The maximum Gasteiger partial charge on any atom is 0.326 e. The van der Waals surface area contributed by atoms with E-state index < -0.39 is 12.0 Å². The highest BCUT2D eigenvalue weighted by molar-refractivity contribution is 5.77. The first-order valence-electron chi connectivity index (χ1n) is 4.11. The summed E-state index contributed by atoms with van der Waals surface area (Å²) in [6.07, 6.45) is 10.4. The fraction of sp³-hybridized carbons (Fsp3) is 0.300. The van der Waals surface area contributed by atoms with Gasteiger partial charge in [0.1, 0.15) is 6.04 Å². The van der Waals surface area contributed by atoms with Crippen molar-refractivity contribution in [3.63, 3.8) is 0 Å². The molecule has 2 N–H and O–H groups in total. The Hall–Kier alpha value is -1.35. The summed E-state index contributed by atoms with van der Waals surface area (Å²) >= 11 is 0. The number of ether oxygens (including phenoxy) is 1. The van der Waals surface area contributed by atoms with E-state index in [1.54, 1.807) is 6.08 Å². The van der Waals surface area contributed by atoms with Gasteiger partial charge < -0.3 is 10.5 Å². The Labute approximate surface area is 77.6 Å². The average Bonchev–Trinajstić information content (AvgIpc) is 2.18. The Morgan fingerprint density at radius 2 is 2.46 bits per heavy atom. The van der Waals surface area contributed by atoms with Crippen LogP contribution in [0.4, 0.5) is 0 Å². The first-order chi connectivity index (χ1) is 6.24. The largest absolute Gasteiger partial charge is 0.468 e. The molecule has 1 atom stereocenters. The molecule has 1 aliphatic carbocycles. The highest BCUT2D eigenvalue weighted by Crippen LogP contribution is 2.10. The Morgan fingerprint density at radius 3 is 3.00 bits per heavy atom. The summed E-state index contributed by atoms with van der Waals surface area (Å²) in [6, 6.07) is -0.656. The zero-order valence-electron chi connectivity index (χ0n) is 7.57. The predicted molar refractivity (Wildman–Crippen MR) is 51.0 cm³/mol. The van der Waals surface area contributed by atoms with Crippen molar-refractivity contribution in [1.29, 1.82) is 0 Å². The topological polar surface area (TPSA) is 52.3 Å². The van der Waals surface area contributed by atoms with Crippen LogP contribution in [-0.2, 0) is 9.53 Å². The van der Waals surface area contributed by atoms with Gasteiger partial charge in [0.05, 0.1) is 7.11 Å². The maximum atomic E-state index is 11.0. The fourth-order valence-corrected chi connectivity index (χ4v) is 1.09. The van der Waals surface area contributed by atoms with E-state index in [2.05, 4.69) is 4.74 Å². The van der Waals surface area contributed by atoms with Crippen LogP contribution < -0.4 is 5.73 Å². The van der Waals surface area contributed by atoms with Crippen molar-refractivity contribution in [1.82, 2.24) is 0 Å². The van der Waals surface area contributed by atoms with Crippen LogP contribution in [0.2, 0.25) is 0 Å². The van der Waals surface area contributed by atoms with E-state index >= 15 is 0 Å². The lowest BCUT2D eigenvalue weighted by molar-refractivity contribution is -0.140. The summed E-state index contributed by atoms with van der Waals surface area (Å²) in [5, 5.41) is 0. The van der Waals surface area contributed by atoms with Crippen LogP contribution in [0.15, 0.2) is 36.0 Å². The quantitative estimate of drug-likeness (QED) is 0.641. The molecule has 0 radical (unpaired) electrons. The summed E-state index contributed by atoms with van der Waals surface area (Å²) < 4.78 is 4.50. The van der Waals surface area contributed by atoms with Gasteiger partial charge >= 0.3 is 5.97 Å². The molecule has 0 saturated heterocycles. The Balaban J connectivity index is 2.60. The number of carbonyl (C=O) groups is 1. The maximum absolute atomic E-state index is 11.0. The van der Waals surface area contributed by atoms with E-state index in [1.165, 1.54) is 7.11 Å². The third kappa shape index (κ3) is 2.87. The molecule has 3 heteroatoms. The molecule has 0 saturated carbocycles. The minimum atomic E-state index is -0.656. The third-order valence-electron chi connectivity index (χ3n) is 1.78. The lowest BCUT2D eigenvalue weighted by atomic mass is 10.1. The summed E-state index contributed by atoms with van der Waals surface area (Å²) in [6.45, 7) is 0. The lowest BCUT2D eigenvalue weighted by Crippen LogP contribution is -2.29. The van der Waals surface area contributed by atoms with Crippen LogP contribution in [0.5, 0.6) is 0 Å². The van der Waals surface area contributed by atoms with Crippen LogP contribution in [0.1, 0.15) is 6.42 Å². The molecule has 1 unspecified atom stereocenters. The molecule has 1 rings (SSSR count). The van der Waals surface area contributed by atoms with Crippen LogP contribution in [0.25, 0.3) is 0 Å². The first-order valence-corrected chi connectivity index (χ1v) is 4.11. The van der Waals surface area contributed by atoms with Gasteiger partial charge in [0, 0.05) is 0 Å². The molecule has 0 aromatic heterocycles. The summed E-state index contributed by atoms with van der Waals surface area (Å²) in [5.41, 5.74) is 6.59. The Morgan fingerprint density at radius 1 is 1.69 bits per heavy atom. The van der Waals surface area contributed by atoms with Gasteiger partial charge in [-0.15, -0.1) is 0 Å². The van der Waals surface area contributed by atoms with E-state index in [9.17, 15) is 4.79 Å². The molecule has 1 aliphatic rings. The van der Waals surface area contributed by atoms with Gasteiger partial charge in [0.25, 0.3) is 0 Å². The molecule has 3 nitrogen and oxygen atoms in total. The van der Waals surface area contributed by atoms with Crippen molar-refractivity contribution in [2.24, 2.45) is 5.73 Å². The van der Waals surface area contributed by atoms with Gasteiger partial charge in [0.15, 0.2) is 0 Å². The highest BCUT2D eigenvalue weighted by atomic mass is 16.5. The van der Waals surface area contributed by atoms with Crippen LogP contribution in [0.3, 0.4) is 0 Å². The number of methoxy groups -OCH3 is 1. The summed E-state index contributed by atoms with van der Waals surface area (Å²) in [5.74, 6) is -0.407. The average molecular weight is 179 g/mol. The first kappa shape index (κ1) is 9.74. The number of rotatable bonds is 2. The molecule has 0 aromatic rings. The monoisotopic (exact) mass is 179 g/mol. The fourth-order valence-electron chi connectivity index (χ4n) is 1.09. The second-order valence-electron chi connectivity index (χ2n) is 2.78. The van der Waals surface area contributed by atoms with Crippen LogP contribution in [-0.4, -0.2) is 19.1 Å². The van der Waals surface area contributed by atoms with E-state index in [4.69, 9.17) is 5.73 Å². The number of carbonyl (C=O) groups excluding carboxylic acids is 1. The molecule has 0 spiro atoms. The summed E-state index contributed by atoms with van der Waals surface area (Å²) in [4.78, 5) is 11.0. The van der Waals surface area contributed by atoms with Crippen molar-refractivity contribution in [2.75, 3.05) is 7.11 Å². The van der Waals surface area contributed by atoms with Gasteiger partial charge in [-0.3, -0.25) is 4.79 Å². The van der Waals surface area contributed by atoms with E-state index in [-0.39, 0.29) is 0 Å². The number of hydrogen-bond donors (Lipinski definition) is 1. The van der Waals surface area contributed by atoms with Crippen molar-refractivity contribution in [3.05, 3.63) is 36.0 Å². The van der Waals surface area contributed by atoms with Crippen LogP contribution in [0, 0.1) is 0 Å². The van der Waals surface area contributed by atoms with E-state index in [0.29, 0.717) is 0 Å². The van der Waals surface area contributed by atoms with Crippen molar-refractivity contribution in [2.45, 2.75) is 12.5 Å². The minimum absolute atomic E-state index is 0.407. The SMILES string of the molecule is COC(=O)C(N)C=C1C=CC=CC1. The van der Waals surface area contributed by atoms with Gasteiger partial charge in [-0.05, 0) is 12.0 Å². The van der Waals surface area contributed by atoms with Gasteiger partial charge in [-0.2, -0.15) is 0 Å². The molecule has 0 aromatic carbocycles. The molecule has 0 aliphatic heterocycles. The standard InChI is InChI=1S/C10H13NO2/c1-13-10(12)9(11)7-8-5-3-2-4-6-8/h2-5,7,9H,6,11H2,1H3. The third-order valence-corrected chi connectivity index (χ3v) is 1.78. The molecular formula is C10H13NO2. The van der Waals surface area contributed by atoms with E-state index in [1.807, 2.05) is 24.3 Å². The molecule has 0 bridgehead atoms. The molecule has 0 heterocycles. The van der Waals surface area contributed by atoms with Gasteiger partial charge in [0.2, 0.25) is 0 Å². The summed E-state index contributed by atoms with van der Waals surface area (Å²) in [7, 11) is 1.33. The second-order valence-corrected chi connectivity index (χ2v) is 2.78. The van der Waals surface area contributed by atoms with Gasteiger partial charge in [-0.1, -0.05) is 30.4 Å². The number of esters is 1. The normalized spacial score (nSPS) is 20.3. The second kappa shape index (κ2) is 4.62. The number of allylic oxidation sites excluding steroid dienone is 5. The lowest BCUT2D eigenvalue weighted by Gasteiger charge is -2.07. The Bertz CT molecular complexity index is 277. The van der Waals surface area contributed by atoms with Crippen LogP contribution >= 0.6 is 0 Å². The minimum Gasteiger partial charge on any atom is -0.468 e. The molecule has 0 fully saturated rings. The predicted octanol–water partition coefficient (Wildman–Crippen LogP) is 0.929. The molecule has 13 heavy (non-hydrogen) atoms. The highest BCUT2D eigenvalue weighted by Gasteiger charge is 2.10. The number of hydrogen-bond acceptors (Lipinski definition) is 3. The Kier molecular flexibility index (Phi) is 3.46. The molecule has 70 valence electrons. The van der Waals surface area contributed by atoms with Crippen molar-refractivity contribution < 1.29 is 9.53 Å².